The predicted octanol–water partition coefficient (Wildman–Crippen LogP) is 1.00. The van der Waals surface area contributed by atoms with Gasteiger partial charge in [0.2, 0.25) is 5.91 Å². The van der Waals surface area contributed by atoms with Crippen molar-refractivity contribution in [2.45, 2.75) is 18.9 Å². The molecule has 1 amide bonds. The quantitative estimate of drug-likeness (QED) is 0.880. The van der Waals surface area contributed by atoms with Gasteiger partial charge in [0.15, 0.2) is 0 Å². The van der Waals surface area contributed by atoms with Crippen LogP contribution in [0.4, 0.5) is 0 Å². The summed E-state index contributed by atoms with van der Waals surface area (Å²) in [4.78, 5) is 28.4. The summed E-state index contributed by atoms with van der Waals surface area (Å²) >= 11 is 1.48. The zero-order chi connectivity index (χ0) is 13.0. The van der Waals surface area contributed by atoms with Gasteiger partial charge >= 0.3 is 5.97 Å². The maximum Gasteiger partial charge on any atom is 0.327 e. The number of hydrogen-bond acceptors (Lipinski definition) is 4. The lowest BCUT2D eigenvalue weighted by Gasteiger charge is -2.20. The minimum Gasteiger partial charge on any atom is -0.480 e. The van der Waals surface area contributed by atoms with Crippen LogP contribution in [0.1, 0.15) is 12.0 Å². The van der Waals surface area contributed by atoms with Gasteiger partial charge in [0.05, 0.1) is 5.88 Å². The first kappa shape index (κ1) is 12.9. The lowest BCUT2D eigenvalue weighted by atomic mass is 10.1. The zero-order valence-electron chi connectivity index (χ0n) is 9.78. The Kier molecular flexibility index (Phi) is 4.19. The van der Waals surface area contributed by atoms with Gasteiger partial charge in [-0.2, -0.15) is 0 Å². The van der Waals surface area contributed by atoms with Crippen molar-refractivity contribution in [1.29, 1.82) is 0 Å². The SMILES string of the molecule is O=C(O)[C@@H]1CSCN1C(=O)CCc1cccnc1. The fraction of sp³-hybridized carbons (Fsp3) is 0.417. The van der Waals surface area contributed by atoms with Crippen molar-refractivity contribution in [2.24, 2.45) is 0 Å². The third-order valence-electron chi connectivity index (χ3n) is 2.84. The number of carbonyl (C=O) groups is 2. The summed E-state index contributed by atoms with van der Waals surface area (Å²) in [7, 11) is 0. The molecule has 0 spiro atoms. The number of rotatable bonds is 4. The Labute approximate surface area is 109 Å². The molecule has 1 saturated heterocycles. The number of aliphatic carboxylic acids is 1. The van der Waals surface area contributed by atoms with Crippen LogP contribution in [0, 0.1) is 0 Å². The van der Waals surface area contributed by atoms with Crippen molar-refractivity contribution in [3.8, 4) is 0 Å². The lowest BCUT2D eigenvalue weighted by molar-refractivity contribution is -0.147. The van der Waals surface area contributed by atoms with Gasteiger partial charge in [-0.15, -0.1) is 11.8 Å². The summed E-state index contributed by atoms with van der Waals surface area (Å²) in [5, 5.41) is 9.00. The Balaban J connectivity index is 1.90. The highest BCUT2D eigenvalue weighted by Crippen LogP contribution is 2.22. The smallest absolute Gasteiger partial charge is 0.327 e. The first-order valence-corrected chi connectivity index (χ1v) is 6.83. The van der Waals surface area contributed by atoms with Gasteiger partial charge in [0.1, 0.15) is 6.04 Å². The second-order valence-electron chi connectivity index (χ2n) is 4.08. The number of carboxylic acid groups (broad SMARTS) is 1. The van der Waals surface area contributed by atoms with Crippen LogP contribution in [0.5, 0.6) is 0 Å². The van der Waals surface area contributed by atoms with Crippen molar-refractivity contribution in [2.75, 3.05) is 11.6 Å². The summed E-state index contributed by atoms with van der Waals surface area (Å²) in [5.41, 5.74) is 0.990. The normalized spacial score (nSPS) is 18.9. The van der Waals surface area contributed by atoms with Crippen LogP contribution in [0.2, 0.25) is 0 Å². The molecule has 0 saturated carbocycles. The van der Waals surface area contributed by atoms with E-state index in [4.69, 9.17) is 5.11 Å². The van der Waals surface area contributed by atoms with E-state index in [9.17, 15) is 9.59 Å². The van der Waals surface area contributed by atoms with Crippen LogP contribution in [0.15, 0.2) is 24.5 Å². The molecule has 1 fully saturated rings. The highest BCUT2D eigenvalue weighted by Gasteiger charge is 2.33. The fourth-order valence-electron chi connectivity index (χ4n) is 1.83. The molecule has 2 rings (SSSR count). The van der Waals surface area contributed by atoms with E-state index in [1.54, 1.807) is 12.4 Å². The molecule has 1 N–H and O–H groups in total. The first-order chi connectivity index (χ1) is 8.68. The van der Waals surface area contributed by atoms with Crippen LogP contribution in [0.3, 0.4) is 0 Å². The molecule has 1 aliphatic rings. The molecule has 2 heterocycles. The number of amides is 1. The predicted molar refractivity (Wildman–Crippen MR) is 68.2 cm³/mol. The molecule has 0 aromatic carbocycles. The third kappa shape index (κ3) is 3.01. The molecule has 0 radical (unpaired) electrons. The summed E-state index contributed by atoms with van der Waals surface area (Å²) in [6.45, 7) is 0. The van der Waals surface area contributed by atoms with Crippen molar-refractivity contribution >= 4 is 23.6 Å². The molecule has 5 nitrogen and oxygen atoms in total. The minimum atomic E-state index is -0.922. The Morgan fingerprint density at radius 1 is 1.56 bits per heavy atom. The number of carbonyl (C=O) groups excluding carboxylic acids is 1. The Bertz CT molecular complexity index is 438. The number of hydrogen-bond donors (Lipinski definition) is 1. The third-order valence-corrected chi connectivity index (χ3v) is 3.85. The van der Waals surface area contributed by atoms with E-state index < -0.39 is 12.0 Å². The van der Waals surface area contributed by atoms with Gasteiger partial charge in [-0.1, -0.05) is 6.07 Å². The summed E-state index contributed by atoms with van der Waals surface area (Å²) in [6, 6.07) is 3.07. The molecule has 0 unspecified atom stereocenters. The van der Waals surface area contributed by atoms with E-state index in [-0.39, 0.29) is 5.91 Å². The van der Waals surface area contributed by atoms with Gasteiger partial charge in [-0.3, -0.25) is 9.78 Å². The van der Waals surface area contributed by atoms with Gasteiger partial charge in [-0.25, -0.2) is 4.79 Å². The molecule has 0 bridgehead atoms. The van der Waals surface area contributed by atoms with Crippen molar-refractivity contribution in [3.63, 3.8) is 0 Å². The Morgan fingerprint density at radius 2 is 2.39 bits per heavy atom. The lowest BCUT2D eigenvalue weighted by Crippen LogP contribution is -2.41. The van der Waals surface area contributed by atoms with Crippen LogP contribution >= 0.6 is 11.8 Å². The number of carboxylic acids is 1. The second kappa shape index (κ2) is 5.86. The standard InChI is InChI=1S/C12H14N2O3S/c15-11(4-3-9-2-1-5-13-6-9)14-8-18-7-10(14)12(16)17/h1-2,5-6,10H,3-4,7-8H2,(H,16,17)/t10-/m0/s1. The first-order valence-electron chi connectivity index (χ1n) is 5.67. The second-order valence-corrected chi connectivity index (χ2v) is 5.08. The minimum absolute atomic E-state index is 0.101. The molecule has 6 heteroatoms. The molecule has 1 aliphatic heterocycles. The number of thioether (sulfide) groups is 1. The van der Waals surface area contributed by atoms with E-state index in [1.807, 2.05) is 12.1 Å². The van der Waals surface area contributed by atoms with Crippen LogP contribution in [0.25, 0.3) is 0 Å². The maximum atomic E-state index is 12.0. The van der Waals surface area contributed by atoms with E-state index >= 15 is 0 Å². The van der Waals surface area contributed by atoms with Crippen molar-refractivity contribution in [3.05, 3.63) is 30.1 Å². The van der Waals surface area contributed by atoms with E-state index in [2.05, 4.69) is 4.98 Å². The van der Waals surface area contributed by atoms with Crippen LogP contribution in [-0.2, 0) is 16.0 Å². The van der Waals surface area contributed by atoms with E-state index in [1.165, 1.54) is 16.7 Å². The number of nitrogens with zero attached hydrogens (tertiary/aromatic N) is 2. The number of aryl methyl sites for hydroxylation is 1. The summed E-state index contributed by atoms with van der Waals surface area (Å²) in [6.07, 6.45) is 4.33. The Morgan fingerprint density at radius 3 is 3.06 bits per heavy atom. The van der Waals surface area contributed by atoms with Gasteiger partial charge in [-0.05, 0) is 18.1 Å². The molecular formula is C12H14N2O3S. The molecule has 96 valence electrons. The largest absolute Gasteiger partial charge is 0.480 e. The van der Waals surface area contributed by atoms with Crippen LogP contribution < -0.4 is 0 Å². The number of aromatic nitrogens is 1. The number of pyridine rings is 1. The summed E-state index contributed by atoms with van der Waals surface area (Å²) in [5.74, 6) is -0.0671. The molecule has 1 aromatic heterocycles. The Hall–Kier alpha value is -1.56. The highest BCUT2D eigenvalue weighted by molar-refractivity contribution is 7.99. The van der Waals surface area contributed by atoms with Gasteiger partial charge in [0.25, 0.3) is 0 Å². The van der Waals surface area contributed by atoms with Crippen molar-refractivity contribution < 1.29 is 14.7 Å². The van der Waals surface area contributed by atoms with E-state index in [0.29, 0.717) is 24.5 Å². The zero-order valence-corrected chi connectivity index (χ0v) is 10.6. The van der Waals surface area contributed by atoms with E-state index in [0.717, 1.165) is 5.56 Å². The molecule has 1 aromatic rings. The van der Waals surface area contributed by atoms with Gasteiger partial charge < -0.3 is 10.0 Å². The molecular weight excluding hydrogens is 252 g/mol. The molecule has 18 heavy (non-hydrogen) atoms. The van der Waals surface area contributed by atoms with Crippen molar-refractivity contribution in [1.82, 2.24) is 9.88 Å². The monoisotopic (exact) mass is 266 g/mol. The van der Waals surface area contributed by atoms with Gasteiger partial charge in [0, 0.05) is 24.6 Å². The highest BCUT2D eigenvalue weighted by atomic mass is 32.2. The summed E-state index contributed by atoms with van der Waals surface area (Å²) < 4.78 is 0. The van der Waals surface area contributed by atoms with Crippen LogP contribution in [-0.4, -0.2) is 44.5 Å². The maximum absolute atomic E-state index is 12.0. The average molecular weight is 266 g/mol. The topological polar surface area (TPSA) is 70.5 Å². The molecule has 1 atom stereocenters. The molecule has 0 aliphatic carbocycles. The fourth-order valence-corrected chi connectivity index (χ4v) is 3.01. The average Bonchev–Trinajstić information content (AvgIpc) is 2.86.